The van der Waals surface area contributed by atoms with Crippen LogP contribution in [0, 0.1) is 5.92 Å². The van der Waals surface area contributed by atoms with Crippen molar-refractivity contribution >= 4 is 16.0 Å². The average molecular weight is 289 g/mol. The highest BCUT2D eigenvalue weighted by Gasteiger charge is 2.38. The van der Waals surface area contributed by atoms with E-state index in [0.717, 1.165) is 12.8 Å². The third-order valence-corrected chi connectivity index (χ3v) is 6.26. The summed E-state index contributed by atoms with van der Waals surface area (Å²) in [5.74, 6) is -0.394. The van der Waals surface area contributed by atoms with Gasteiger partial charge in [-0.2, -0.15) is 4.31 Å². The van der Waals surface area contributed by atoms with Crippen LogP contribution in [0.4, 0.5) is 0 Å². The molecular weight excluding hydrogens is 266 g/mol. The minimum Gasteiger partial charge on any atom is -0.480 e. The molecule has 110 valence electrons. The summed E-state index contributed by atoms with van der Waals surface area (Å²) in [5, 5.41) is 9.06. The molecule has 1 heterocycles. The molecule has 2 rings (SSSR count). The lowest BCUT2D eigenvalue weighted by Gasteiger charge is -2.24. The molecule has 2 fully saturated rings. The fraction of sp³-hybridized carbons (Fsp3) is 0.923. The zero-order valence-electron chi connectivity index (χ0n) is 11.3. The highest BCUT2D eigenvalue weighted by atomic mass is 32.2. The molecular formula is C13H23NO4S. The Kier molecular flexibility index (Phi) is 4.84. The van der Waals surface area contributed by atoms with Crippen LogP contribution < -0.4 is 0 Å². The SMILES string of the molecule is O=C(O)[C@H]1CCCN1S(=O)(=O)CCC1CCCCC1. The first kappa shape index (κ1) is 14.8. The number of carboxylic acid groups (broad SMARTS) is 1. The van der Waals surface area contributed by atoms with Gasteiger partial charge in [-0.15, -0.1) is 0 Å². The molecule has 5 nitrogen and oxygen atoms in total. The number of nitrogens with zero attached hydrogens (tertiary/aromatic N) is 1. The molecule has 6 heteroatoms. The van der Waals surface area contributed by atoms with Crippen molar-refractivity contribution in [3.05, 3.63) is 0 Å². The molecule has 0 unspecified atom stereocenters. The van der Waals surface area contributed by atoms with Crippen LogP contribution in [0.25, 0.3) is 0 Å². The van der Waals surface area contributed by atoms with E-state index in [4.69, 9.17) is 5.11 Å². The maximum absolute atomic E-state index is 12.3. The Bertz CT molecular complexity index is 414. The molecule has 0 amide bonds. The van der Waals surface area contributed by atoms with E-state index >= 15 is 0 Å². The van der Waals surface area contributed by atoms with Gasteiger partial charge in [0.25, 0.3) is 0 Å². The van der Waals surface area contributed by atoms with Gasteiger partial charge in [0.15, 0.2) is 0 Å². The Morgan fingerprint density at radius 3 is 2.42 bits per heavy atom. The Labute approximate surface area is 115 Å². The van der Waals surface area contributed by atoms with Crippen molar-refractivity contribution in [3.63, 3.8) is 0 Å². The summed E-state index contributed by atoms with van der Waals surface area (Å²) in [6.45, 7) is 0.365. The fourth-order valence-corrected chi connectivity index (χ4v) is 5.08. The average Bonchev–Trinajstić information content (AvgIpc) is 2.88. The number of carboxylic acids is 1. The third-order valence-electron chi connectivity index (χ3n) is 4.35. The molecule has 0 aromatic rings. The minimum atomic E-state index is -3.40. The molecule has 0 aromatic heterocycles. The fourth-order valence-electron chi connectivity index (χ4n) is 3.23. The number of rotatable bonds is 5. The first-order valence-electron chi connectivity index (χ1n) is 7.23. The van der Waals surface area contributed by atoms with Gasteiger partial charge in [0.05, 0.1) is 5.75 Å². The molecule has 0 radical (unpaired) electrons. The number of carbonyl (C=O) groups is 1. The summed E-state index contributed by atoms with van der Waals surface area (Å²) in [4.78, 5) is 11.1. The topological polar surface area (TPSA) is 74.7 Å². The Morgan fingerprint density at radius 1 is 1.11 bits per heavy atom. The summed E-state index contributed by atoms with van der Waals surface area (Å²) in [6, 6.07) is -0.837. The van der Waals surface area contributed by atoms with Crippen molar-refractivity contribution in [1.29, 1.82) is 0 Å². The Morgan fingerprint density at radius 2 is 1.79 bits per heavy atom. The standard InChI is InChI=1S/C13H23NO4S/c15-13(16)12-7-4-9-14(12)19(17,18)10-8-11-5-2-1-3-6-11/h11-12H,1-10H2,(H,15,16)/t12-/m1/s1. The van der Waals surface area contributed by atoms with Crippen molar-refractivity contribution in [2.24, 2.45) is 5.92 Å². The van der Waals surface area contributed by atoms with Gasteiger partial charge in [-0.3, -0.25) is 4.79 Å². The quantitative estimate of drug-likeness (QED) is 0.838. The Hall–Kier alpha value is -0.620. The number of aliphatic carboxylic acids is 1. The normalized spacial score (nSPS) is 26.6. The number of hydrogen-bond acceptors (Lipinski definition) is 3. The second-order valence-corrected chi connectivity index (χ2v) is 7.76. The molecule has 0 aromatic carbocycles. The van der Waals surface area contributed by atoms with E-state index in [1.165, 1.54) is 23.6 Å². The maximum Gasteiger partial charge on any atom is 0.322 e. The Balaban J connectivity index is 1.92. The van der Waals surface area contributed by atoms with Gasteiger partial charge in [0, 0.05) is 6.54 Å². The summed E-state index contributed by atoms with van der Waals surface area (Å²) in [6.07, 6.45) is 7.69. The number of hydrogen-bond donors (Lipinski definition) is 1. The lowest BCUT2D eigenvalue weighted by molar-refractivity contribution is -0.140. The molecule has 0 spiro atoms. The lowest BCUT2D eigenvalue weighted by atomic mass is 9.88. The van der Waals surface area contributed by atoms with Gasteiger partial charge < -0.3 is 5.11 Å². The molecule has 1 N–H and O–H groups in total. The molecule has 2 aliphatic rings. The van der Waals surface area contributed by atoms with Crippen LogP contribution in [0.5, 0.6) is 0 Å². The largest absolute Gasteiger partial charge is 0.480 e. The van der Waals surface area contributed by atoms with Gasteiger partial charge >= 0.3 is 5.97 Å². The minimum absolute atomic E-state index is 0.113. The van der Waals surface area contributed by atoms with Crippen LogP contribution in [0.1, 0.15) is 51.4 Å². The highest BCUT2D eigenvalue weighted by Crippen LogP contribution is 2.28. The molecule has 1 saturated carbocycles. The molecule has 1 saturated heterocycles. The van der Waals surface area contributed by atoms with Crippen LogP contribution >= 0.6 is 0 Å². The summed E-state index contributed by atoms with van der Waals surface area (Å²) in [7, 11) is -3.40. The molecule has 1 aliphatic heterocycles. The molecule has 1 atom stereocenters. The molecule has 19 heavy (non-hydrogen) atoms. The van der Waals surface area contributed by atoms with E-state index in [2.05, 4.69) is 0 Å². The monoisotopic (exact) mass is 289 g/mol. The van der Waals surface area contributed by atoms with E-state index in [1.807, 2.05) is 0 Å². The van der Waals surface area contributed by atoms with Crippen LogP contribution in [-0.2, 0) is 14.8 Å². The lowest BCUT2D eigenvalue weighted by Crippen LogP contribution is -2.41. The predicted octanol–water partition coefficient (Wildman–Crippen LogP) is 1.84. The summed E-state index contributed by atoms with van der Waals surface area (Å²) < 4.78 is 25.7. The van der Waals surface area contributed by atoms with Gasteiger partial charge in [0.1, 0.15) is 6.04 Å². The smallest absolute Gasteiger partial charge is 0.322 e. The summed E-state index contributed by atoms with van der Waals surface area (Å²) in [5.41, 5.74) is 0. The van der Waals surface area contributed by atoms with Crippen molar-refractivity contribution in [2.45, 2.75) is 57.4 Å². The van der Waals surface area contributed by atoms with E-state index < -0.39 is 22.0 Å². The summed E-state index contributed by atoms with van der Waals surface area (Å²) >= 11 is 0. The first-order chi connectivity index (χ1) is 9.00. The second-order valence-electron chi connectivity index (χ2n) is 5.72. The second kappa shape index (κ2) is 6.22. The maximum atomic E-state index is 12.3. The van der Waals surface area contributed by atoms with Gasteiger partial charge in [-0.1, -0.05) is 32.1 Å². The highest BCUT2D eigenvalue weighted by molar-refractivity contribution is 7.89. The van der Waals surface area contributed by atoms with Gasteiger partial charge in [-0.05, 0) is 25.2 Å². The van der Waals surface area contributed by atoms with E-state index in [1.54, 1.807) is 0 Å². The van der Waals surface area contributed by atoms with E-state index in [-0.39, 0.29) is 5.75 Å². The van der Waals surface area contributed by atoms with E-state index in [0.29, 0.717) is 31.7 Å². The van der Waals surface area contributed by atoms with Crippen LogP contribution in [0.2, 0.25) is 0 Å². The zero-order chi connectivity index (χ0) is 13.9. The van der Waals surface area contributed by atoms with Crippen LogP contribution in [0.3, 0.4) is 0 Å². The molecule has 0 bridgehead atoms. The van der Waals surface area contributed by atoms with E-state index in [9.17, 15) is 13.2 Å². The van der Waals surface area contributed by atoms with Crippen molar-refractivity contribution in [1.82, 2.24) is 4.31 Å². The number of sulfonamides is 1. The van der Waals surface area contributed by atoms with Gasteiger partial charge in [-0.25, -0.2) is 8.42 Å². The van der Waals surface area contributed by atoms with Crippen LogP contribution in [-0.4, -0.2) is 42.1 Å². The molecule has 1 aliphatic carbocycles. The third kappa shape index (κ3) is 3.69. The van der Waals surface area contributed by atoms with Crippen molar-refractivity contribution < 1.29 is 18.3 Å². The first-order valence-corrected chi connectivity index (χ1v) is 8.84. The predicted molar refractivity (Wildman–Crippen MR) is 72.3 cm³/mol. The zero-order valence-corrected chi connectivity index (χ0v) is 12.1. The van der Waals surface area contributed by atoms with Gasteiger partial charge in [0.2, 0.25) is 10.0 Å². The van der Waals surface area contributed by atoms with Crippen molar-refractivity contribution in [3.8, 4) is 0 Å². The van der Waals surface area contributed by atoms with Crippen molar-refractivity contribution in [2.75, 3.05) is 12.3 Å². The van der Waals surface area contributed by atoms with Crippen LogP contribution in [0.15, 0.2) is 0 Å².